The highest BCUT2D eigenvalue weighted by atomic mass is 79.9. The Kier molecular flexibility index (Phi) is 2.94. The van der Waals surface area contributed by atoms with Crippen molar-refractivity contribution in [2.45, 2.75) is 0 Å². The molecule has 0 amide bonds. The van der Waals surface area contributed by atoms with Crippen molar-refractivity contribution in [1.82, 2.24) is 10.2 Å². The van der Waals surface area contributed by atoms with Crippen LogP contribution in [0.5, 0.6) is 0 Å². The Balaban J connectivity index is 2.57. The minimum Gasteiger partial charge on any atom is -0.206 e. The molecular formula is C8H3Br2FN2S. The highest BCUT2D eigenvalue weighted by Gasteiger charge is 2.11. The topological polar surface area (TPSA) is 25.8 Å². The zero-order chi connectivity index (χ0) is 10.1. The second-order valence-corrected chi connectivity index (χ2v) is 5.51. The van der Waals surface area contributed by atoms with Gasteiger partial charge >= 0.3 is 0 Å². The first-order valence-electron chi connectivity index (χ1n) is 3.62. The number of hydrogen-bond acceptors (Lipinski definition) is 3. The summed E-state index contributed by atoms with van der Waals surface area (Å²) in [5.74, 6) is -0.297. The first-order chi connectivity index (χ1) is 6.68. The van der Waals surface area contributed by atoms with Crippen molar-refractivity contribution >= 4 is 43.2 Å². The fourth-order valence-electron chi connectivity index (χ4n) is 0.983. The predicted molar refractivity (Wildman–Crippen MR) is 60.7 cm³/mol. The summed E-state index contributed by atoms with van der Waals surface area (Å²) in [6.07, 6.45) is 0. The summed E-state index contributed by atoms with van der Waals surface area (Å²) >= 11 is 7.74. The van der Waals surface area contributed by atoms with E-state index in [0.717, 1.165) is 0 Å². The van der Waals surface area contributed by atoms with Crippen molar-refractivity contribution in [3.63, 3.8) is 0 Å². The Bertz CT molecular complexity index is 472. The van der Waals surface area contributed by atoms with Crippen LogP contribution >= 0.6 is 43.2 Å². The molecule has 1 heterocycles. The monoisotopic (exact) mass is 336 g/mol. The summed E-state index contributed by atoms with van der Waals surface area (Å²) in [5.41, 5.74) is 0.716. The number of rotatable bonds is 1. The maximum Gasteiger partial charge on any atom is 0.183 e. The van der Waals surface area contributed by atoms with Crippen LogP contribution in [-0.2, 0) is 0 Å². The van der Waals surface area contributed by atoms with Crippen LogP contribution in [0.4, 0.5) is 4.39 Å². The van der Waals surface area contributed by atoms with Crippen molar-refractivity contribution in [1.29, 1.82) is 0 Å². The Morgan fingerprint density at radius 1 is 1.21 bits per heavy atom. The lowest BCUT2D eigenvalue weighted by Gasteiger charge is -1.99. The second-order valence-electron chi connectivity index (χ2n) is 2.46. The van der Waals surface area contributed by atoms with Gasteiger partial charge in [-0.1, -0.05) is 23.5 Å². The summed E-state index contributed by atoms with van der Waals surface area (Å²) in [4.78, 5) is 0. The van der Waals surface area contributed by atoms with Gasteiger partial charge in [0.05, 0.1) is 4.47 Å². The van der Waals surface area contributed by atoms with Crippen molar-refractivity contribution in [2.24, 2.45) is 0 Å². The normalized spacial score (nSPS) is 10.5. The average Bonchev–Trinajstić information content (AvgIpc) is 2.57. The molecule has 0 radical (unpaired) electrons. The van der Waals surface area contributed by atoms with Gasteiger partial charge in [-0.25, -0.2) is 4.39 Å². The predicted octanol–water partition coefficient (Wildman–Crippen LogP) is 3.87. The highest BCUT2D eigenvalue weighted by Crippen LogP contribution is 2.33. The molecule has 0 aliphatic heterocycles. The number of hydrogen-bond donors (Lipinski definition) is 0. The Morgan fingerprint density at radius 3 is 2.64 bits per heavy atom. The molecule has 0 atom stereocenters. The molecule has 0 saturated carbocycles. The standard InChI is InChI=1S/C8H3Br2FN2S/c9-6-4(2-1-3-5(6)11)7-12-13-8(10)14-7/h1-3H. The van der Waals surface area contributed by atoms with Gasteiger partial charge < -0.3 is 0 Å². The molecule has 2 rings (SSSR count). The molecule has 6 heteroatoms. The summed E-state index contributed by atoms with van der Waals surface area (Å²) < 4.78 is 14.3. The fourth-order valence-corrected chi connectivity index (χ4v) is 2.71. The summed E-state index contributed by atoms with van der Waals surface area (Å²) in [6.45, 7) is 0. The molecule has 1 aromatic heterocycles. The highest BCUT2D eigenvalue weighted by molar-refractivity contribution is 9.11. The lowest BCUT2D eigenvalue weighted by molar-refractivity contribution is 0.622. The number of benzene rings is 1. The minimum atomic E-state index is -0.297. The van der Waals surface area contributed by atoms with Gasteiger partial charge in [0.25, 0.3) is 0 Å². The molecule has 14 heavy (non-hydrogen) atoms. The molecule has 0 bridgehead atoms. The van der Waals surface area contributed by atoms with E-state index in [1.165, 1.54) is 17.4 Å². The van der Waals surface area contributed by atoms with Gasteiger partial charge in [-0.05, 0) is 37.9 Å². The number of halogens is 3. The van der Waals surface area contributed by atoms with Crippen molar-refractivity contribution in [3.8, 4) is 10.6 Å². The molecule has 0 aliphatic rings. The van der Waals surface area contributed by atoms with E-state index < -0.39 is 0 Å². The van der Waals surface area contributed by atoms with Crippen LogP contribution in [-0.4, -0.2) is 10.2 Å². The molecule has 0 unspecified atom stereocenters. The Labute approximate surface area is 100 Å². The molecule has 72 valence electrons. The van der Waals surface area contributed by atoms with E-state index in [1.54, 1.807) is 12.1 Å². The van der Waals surface area contributed by atoms with Gasteiger partial charge in [0.2, 0.25) is 0 Å². The molecule has 0 fully saturated rings. The number of nitrogens with zero attached hydrogens (tertiary/aromatic N) is 2. The molecule has 0 aliphatic carbocycles. The van der Waals surface area contributed by atoms with E-state index in [-0.39, 0.29) is 5.82 Å². The van der Waals surface area contributed by atoms with Gasteiger partial charge in [0.15, 0.2) is 3.92 Å². The smallest absolute Gasteiger partial charge is 0.183 e. The first kappa shape index (κ1) is 10.2. The number of aromatic nitrogens is 2. The maximum atomic E-state index is 13.2. The van der Waals surface area contributed by atoms with Gasteiger partial charge in [0.1, 0.15) is 10.8 Å². The lowest BCUT2D eigenvalue weighted by atomic mass is 10.2. The molecule has 0 spiro atoms. The third-order valence-corrected chi connectivity index (χ3v) is 3.78. The van der Waals surface area contributed by atoms with Gasteiger partial charge in [-0.15, -0.1) is 10.2 Å². The Morgan fingerprint density at radius 2 is 2.00 bits per heavy atom. The summed E-state index contributed by atoms with van der Waals surface area (Å²) in [5, 5.41) is 8.40. The van der Waals surface area contributed by atoms with E-state index >= 15 is 0 Å². The minimum absolute atomic E-state index is 0.297. The first-order valence-corrected chi connectivity index (χ1v) is 6.02. The van der Waals surface area contributed by atoms with Crippen LogP contribution in [0.25, 0.3) is 10.6 Å². The zero-order valence-corrected chi connectivity index (χ0v) is 10.7. The van der Waals surface area contributed by atoms with Crippen molar-refractivity contribution in [3.05, 3.63) is 32.4 Å². The van der Waals surface area contributed by atoms with Gasteiger partial charge in [-0.3, -0.25) is 0 Å². The van der Waals surface area contributed by atoms with Crippen LogP contribution in [0.2, 0.25) is 0 Å². The lowest BCUT2D eigenvalue weighted by Crippen LogP contribution is -1.83. The summed E-state index contributed by atoms with van der Waals surface area (Å²) in [7, 11) is 0. The van der Waals surface area contributed by atoms with Crippen LogP contribution in [0.3, 0.4) is 0 Å². The second kappa shape index (κ2) is 4.04. The fraction of sp³-hybridized carbons (Fsp3) is 0. The molecule has 2 aromatic rings. The maximum absolute atomic E-state index is 13.2. The largest absolute Gasteiger partial charge is 0.206 e. The van der Waals surface area contributed by atoms with Crippen LogP contribution in [0.1, 0.15) is 0 Å². The van der Waals surface area contributed by atoms with Crippen molar-refractivity contribution < 1.29 is 4.39 Å². The molecule has 0 N–H and O–H groups in total. The van der Waals surface area contributed by atoms with E-state index in [4.69, 9.17) is 0 Å². The molecular weight excluding hydrogens is 335 g/mol. The van der Waals surface area contributed by atoms with Gasteiger partial charge in [-0.2, -0.15) is 0 Å². The Hall–Kier alpha value is -0.330. The quantitative estimate of drug-likeness (QED) is 0.789. The van der Waals surface area contributed by atoms with Gasteiger partial charge in [0, 0.05) is 5.56 Å². The van der Waals surface area contributed by atoms with Crippen LogP contribution in [0, 0.1) is 5.82 Å². The summed E-state index contributed by atoms with van der Waals surface area (Å²) in [6, 6.07) is 4.83. The average molecular weight is 338 g/mol. The van der Waals surface area contributed by atoms with E-state index in [0.29, 0.717) is 19.0 Å². The van der Waals surface area contributed by atoms with Crippen LogP contribution < -0.4 is 0 Å². The molecule has 1 aromatic carbocycles. The molecule has 0 saturated heterocycles. The van der Waals surface area contributed by atoms with E-state index in [1.807, 2.05) is 0 Å². The zero-order valence-electron chi connectivity index (χ0n) is 6.67. The van der Waals surface area contributed by atoms with E-state index in [2.05, 4.69) is 42.1 Å². The SMILES string of the molecule is Fc1cccc(-c2nnc(Br)s2)c1Br. The van der Waals surface area contributed by atoms with Crippen LogP contribution in [0.15, 0.2) is 26.6 Å². The van der Waals surface area contributed by atoms with Crippen molar-refractivity contribution in [2.75, 3.05) is 0 Å². The third kappa shape index (κ3) is 1.87. The van der Waals surface area contributed by atoms with E-state index in [9.17, 15) is 4.39 Å². The molecule has 2 nitrogen and oxygen atoms in total. The third-order valence-electron chi connectivity index (χ3n) is 1.58.